The Labute approximate surface area is 124 Å². The van der Waals surface area contributed by atoms with Crippen LogP contribution in [0.2, 0.25) is 0 Å². The molecule has 1 heterocycles. The second kappa shape index (κ2) is 9.02. The number of nitrogens with zero attached hydrogens (tertiary/aromatic N) is 1. The van der Waals surface area contributed by atoms with Gasteiger partial charge in [-0.2, -0.15) is 0 Å². The van der Waals surface area contributed by atoms with Crippen molar-refractivity contribution in [2.45, 2.75) is 57.9 Å². The van der Waals surface area contributed by atoms with Crippen LogP contribution in [0.4, 0.5) is 0 Å². The Bertz CT molecular complexity index is 352. The van der Waals surface area contributed by atoms with E-state index in [1.54, 1.807) is 0 Å². The zero-order chi connectivity index (χ0) is 14.0. The van der Waals surface area contributed by atoms with Crippen molar-refractivity contribution in [3.63, 3.8) is 0 Å². The Kier molecular flexibility index (Phi) is 6.93. The van der Waals surface area contributed by atoms with Crippen molar-refractivity contribution in [1.82, 2.24) is 4.90 Å². The highest BCUT2D eigenvalue weighted by molar-refractivity contribution is 5.20. The molecule has 0 aromatic heterocycles. The minimum Gasteiger partial charge on any atom is -0.494 e. The van der Waals surface area contributed by atoms with Gasteiger partial charge in [0.25, 0.3) is 0 Å². The summed E-state index contributed by atoms with van der Waals surface area (Å²) in [6, 6.07) is 10.9. The molecule has 112 valence electrons. The predicted molar refractivity (Wildman–Crippen MR) is 85.3 cm³/mol. The molecule has 1 unspecified atom stereocenters. The molecule has 1 atom stereocenters. The Balaban J connectivity index is 1.45. The molecule has 1 aliphatic heterocycles. The molecule has 1 fully saturated rings. The third kappa shape index (κ3) is 5.54. The fraction of sp³-hybridized carbons (Fsp3) is 0.667. The van der Waals surface area contributed by atoms with Crippen molar-refractivity contribution in [2.75, 3.05) is 19.7 Å². The third-order valence-electron chi connectivity index (χ3n) is 4.29. The van der Waals surface area contributed by atoms with Crippen molar-refractivity contribution < 1.29 is 4.74 Å². The summed E-state index contributed by atoms with van der Waals surface area (Å²) in [5.41, 5.74) is 0. The molecule has 1 aliphatic rings. The quantitative estimate of drug-likeness (QED) is 0.648. The molecule has 20 heavy (non-hydrogen) atoms. The van der Waals surface area contributed by atoms with Gasteiger partial charge in [0.2, 0.25) is 0 Å². The summed E-state index contributed by atoms with van der Waals surface area (Å²) in [5.74, 6) is 0.995. The molecule has 1 aromatic rings. The molecule has 0 aliphatic carbocycles. The van der Waals surface area contributed by atoms with Gasteiger partial charge in [0.05, 0.1) is 6.61 Å². The van der Waals surface area contributed by atoms with Gasteiger partial charge in [0, 0.05) is 6.04 Å². The van der Waals surface area contributed by atoms with E-state index in [9.17, 15) is 0 Å². The van der Waals surface area contributed by atoms with Crippen LogP contribution in [0, 0.1) is 0 Å². The molecule has 0 saturated carbocycles. The molecule has 2 rings (SSSR count). The summed E-state index contributed by atoms with van der Waals surface area (Å²) >= 11 is 0. The van der Waals surface area contributed by atoms with Crippen molar-refractivity contribution in [1.29, 1.82) is 0 Å². The number of para-hydroxylation sites is 1. The van der Waals surface area contributed by atoms with E-state index in [4.69, 9.17) is 4.74 Å². The summed E-state index contributed by atoms with van der Waals surface area (Å²) in [5, 5.41) is 0. The van der Waals surface area contributed by atoms with E-state index in [2.05, 4.69) is 11.8 Å². The van der Waals surface area contributed by atoms with Gasteiger partial charge in [-0.25, -0.2) is 0 Å². The van der Waals surface area contributed by atoms with Crippen LogP contribution in [-0.2, 0) is 0 Å². The number of rotatable bonds is 8. The van der Waals surface area contributed by atoms with Gasteiger partial charge < -0.3 is 9.64 Å². The summed E-state index contributed by atoms with van der Waals surface area (Å²) < 4.78 is 5.71. The van der Waals surface area contributed by atoms with Crippen LogP contribution in [-0.4, -0.2) is 30.6 Å². The Hall–Kier alpha value is -1.02. The molecular formula is C18H29NO. The van der Waals surface area contributed by atoms with Crippen LogP contribution in [0.25, 0.3) is 0 Å². The summed E-state index contributed by atoms with van der Waals surface area (Å²) in [6.07, 6.45) is 9.35. The smallest absolute Gasteiger partial charge is 0.119 e. The highest BCUT2D eigenvalue weighted by Gasteiger charge is 2.16. The van der Waals surface area contributed by atoms with Crippen LogP contribution in [0.1, 0.15) is 51.9 Å². The highest BCUT2D eigenvalue weighted by Crippen LogP contribution is 2.17. The number of ether oxygens (including phenoxy) is 1. The maximum atomic E-state index is 5.71. The predicted octanol–water partition coefficient (Wildman–Crippen LogP) is 4.50. The summed E-state index contributed by atoms with van der Waals surface area (Å²) in [4.78, 5) is 2.67. The van der Waals surface area contributed by atoms with Crippen LogP contribution in [0.5, 0.6) is 5.75 Å². The standard InChI is InChI=1S/C18H29NO/c1-17-11-7-9-15-19(17)14-8-2-3-10-16-20-18-12-5-4-6-13-18/h4-6,12-13,17H,2-3,7-11,14-16H2,1H3. The number of hydrogen-bond acceptors (Lipinski definition) is 2. The van der Waals surface area contributed by atoms with Crippen molar-refractivity contribution >= 4 is 0 Å². The van der Waals surface area contributed by atoms with E-state index in [1.165, 1.54) is 58.0 Å². The lowest BCUT2D eigenvalue weighted by molar-refractivity contribution is 0.157. The maximum absolute atomic E-state index is 5.71. The number of benzene rings is 1. The van der Waals surface area contributed by atoms with Crippen molar-refractivity contribution in [2.24, 2.45) is 0 Å². The van der Waals surface area contributed by atoms with Gasteiger partial charge in [-0.3, -0.25) is 0 Å². The molecule has 0 bridgehead atoms. The Morgan fingerprint density at radius 2 is 1.85 bits per heavy atom. The fourth-order valence-corrected chi connectivity index (χ4v) is 2.97. The second-order valence-electron chi connectivity index (χ2n) is 5.96. The van der Waals surface area contributed by atoms with Gasteiger partial charge in [-0.05, 0) is 57.8 Å². The first-order valence-electron chi connectivity index (χ1n) is 8.28. The lowest BCUT2D eigenvalue weighted by Crippen LogP contribution is -2.37. The molecular weight excluding hydrogens is 246 g/mol. The fourth-order valence-electron chi connectivity index (χ4n) is 2.97. The lowest BCUT2D eigenvalue weighted by atomic mass is 10.0. The largest absolute Gasteiger partial charge is 0.494 e. The average Bonchev–Trinajstić information content (AvgIpc) is 2.49. The van der Waals surface area contributed by atoms with E-state index < -0.39 is 0 Å². The lowest BCUT2D eigenvalue weighted by Gasteiger charge is -2.33. The molecule has 0 spiro atoms. The zero-order valence-corrected chi connectivity index (χ0v) is 12.9. The minimum absolute atomic E-state index is 0.810. The Morgan fingerprint density at radius 1 is 1.05 bits per heavy atom. The van der Waals surface area contributed by atoms with Crippen LogP contribution < -0.4 is 4.74 Å². The number of piperidine rings is 1. The third-order valence-corrected chi connectivity index (χ3v) is 4.29. The molecule has 0 N–H and O–H groups in total. The van der Waals surface area contributed by atoms with E-state index in [0.717, 1.165) is 18.4 Å². The number of unbranched alkanes of at least 4 members (excludes halogenated alkanes) is 3. The highest BCUT2D eigenvalue weighted by atomic mass is 16.5. The monoisotopic (exact) mass is 275 g/mol. The van der Waals surface area contributed by atoms with Gasteiger partial charge in [0.1, 0.15) is 5.75 Å². The van der Waals surface area contributed by atoms with Gasteiger partial charge in [0.15, 0.2) is 0 Å². The van der Waals surface area contributed by atoms with E-state index >= 15 is 0 Å². The second-order valence-corrected chi connectivity index (χ2v) is 5.96. The van der Waals surface area contributed by atoms with E-state index in [-0.39, 0.29) is 0 Å². The summed E-state index contributed by atoms with van der Waals surface area (Å²) in [6.45, 7) is 5.84. The van der Waals surface area contributed by atoms with E-state index in [0.29, 0.717) is 0 Å². The van der Waals surface area contributed by atoms with Crippen molar-refractivity contribution in [3.8, 4) is 5.75 Å². The zero-order valence-electron chi connectivity index (χ0n) is 12.9. The van der Waals surface area contributed by atoms with Gasteiger partial charge in [-0.15, -0.1) is 0 Å². The first-order chi connectivity index (χ1) is 9.86. The topological polar surface area (TPSA) is 12.5 Å². The van der Waals surface area contributed by atoms with Gasteiger partial charge in [-0.1, -0.05) is 37.5 Å². The van der Waals surface area contributed by atoms with Crippen LogP contribution in [0.15, 0.2) is 30.3 Å². The van der Waals surface area contributed by atoms with E-state index in [1.807, 2.05) is 30.3 Å². The van der Waals surface area contributed by atoms with Crippen molar-refractivity contribution in [3.05, 3.63) is 30.3 Å². The molecule has 1 saturated heterocycles. The molecule has 1 aromatic carbocycles. The number of likely N-dealkylation sites (tertiary alicyclic amines) is 1. The molecule has 2 nitrogen and oxygen atoms in total. The first kappa shape index (κ1) is 15.4. The molecule has 0 radical (unpaired) electrons. The molecule has 2 heteroatoms. The minimum atomic E-state index is 0.810. The first-order valence-corrected chi connectivity index (χ1v) is 8.28. The molecule has 0 amide bonds. The Morgan fingerprint density at radius 3 is 2.65 bits per heavy atom. The van der Waals surface area contributed by atoms with Crippen LogP contribution >= 0.6 is 0 Å². The SMILES string of the molecule is CC1CCCCN1CCCCCCOc1ccccc1. The van der Waals surface area contributed by atoms with Crippen LogP contribution in [0.3, 0.4) is 0 Å². The maximum Gasteiger partial charge on any atom is 0.119 e. The average molecular weight is 275 g/mol. The number of hydrogen-bond donors (Lipinski definition) is 0. The normalized spacial score (nSPS) is 19.9. The summed E-state index contributed by atoms with van der Waals surface area (Å²) in [7, 11) is 0. The van der Waals surface area contributed by atoms with Gasteiger partial charge >= 0.3 is 0 Å².